The van der Waals surface area contributed by atoms with Gasteiger partial charge in [0.15, 0.2) is 0 Å². The van der Waals surface area contributed by atoms with Gasteiger partial charge in [0.25, 0.3) is 0 Å². The molecule has 1 aliphatic heterocycles. The van der Waals surface area contributed by atoms with Crippen molar-refractivity contribution in [2.75, 3.05) is 24.1 Å². The van der Waals surface area contributed by atoms with Gasteiger partial charge in [0.05, 0.1) is 0 Å². The van der Waals surface area contributed by atoms with Gasteiger partial charge < -0.3 is 11.1 Å². The largest absolute Gasteiger partial charge is 0.368 e. The van der Waals surface area contributed by atoms with E-state index in [1.165, 1.54) is 5.56 Å². The highest BCUT2D eigenvalue weighted by atomic mass is 35.5. The van der Waals surface area contributed by atoms with Crippen molar-refractivity contribution in [3.05, 3.63) is 46.1 Å². The zero-order valence-corrected chi connectivity index (χ0v) is 14.2. The Labute approximate surface area is 145 Å². The van der Waals surface area contributed by atoms with E-state index in [-0.39, 0.29) is 5.95 Å². The van der Waals surface area contributed by atoms with Crippen LogP contribution in [-0.2, 0) is 6.54 Å². The van der Waals surface area contributed by atoms with E-state index in [1.807, 2.05) is 12.1 Å². The fourth-order valence-electron chi connectivity index (χ4n) is 2.80. The van der Waals surface area contributed by atoms with Gasteiger partial charge in [-0.3, -0.25) is 4.90 Å². The number of hydrogen-bond donors (Lipinski definition) is 2. The number of halogens is 2. The molecule has 0 aliphatic carbocycles. The molecule has 0 atom stereocenters. The van der Waals surface area contributed by atoms with Crippen molar-refractivity contribution in [3.8, 4) is 0 Å². The van der Waals surface area contributed by atoms with Crippen LogP contribution in [0.15, 0.2) is 30.3 Å². The lowest BCUT2D eigenvalue weighted by Crippen LogP contribution is -2.38. The van der Waals surface area contributed by atoms with Gasteiger partial charge in [0, 0.05) is 36.8 Å². The summed E-state index contributed by atoms with van der Waals surface area (Å²) < 4.78 is 0. The molecule has 1 fully saturated rings. The lowest BCUT2D eigenvalue weighted by Gasteiger charge is -2.32. The van der Waals surface area contributed by atoms with E-state index in [0.717, 1.165) is 37.5 Å². The fourth-order valence-corrected chi connectivity index (χ4v) is 3.12. The lowest BCUT2D eigenvalue weighted by atomic mass is 10.0. The molecule has 0 radical (unpaired) electrons. The zero-order valence-electron chi connectivity index (χ0n) is 12.7. The average molecular weight is 352 g/mol. The first-order valence-corrected chi connectivity index (χ1v) is 8.37. The summed E-state index contributed by atoms with van der Waals surface area (Å²) in [5.41, 5.74) is 6.91. The minimum absolute atomic E-state index is 0.195. The molecule has 5 nitrogen and oxygen atoms in total. The Morgan fingerprint density at radius 2 is 1.83 bits per heavy atom. The normalized spacial score (nSPS) is 16.4. The summed E-state index contributed by atoms with van der Waals surface area (Å²) in [7, 11) is 0. The molecule has 0 amide bonds. The van der Waals surface area contributed by atoms with Crippen molar-refractivity contribution < 1.29 is 0 Å². The average Bonchev–Trinajstić information content (AvgIpc) is 2.50. The van der Waals surface area contributed by atoms with Crippen LogP contribution < -0.4 is 11.1 Å². The number of nitrogen functional groups attached to an aromatic ring is 1. The van der Waals surface area contributed by atoms with Crippen LogP contribution >= 0.6 is 23.2 Å². The van der Waals surface area contributed by atoms with Crippen LogP contribution in [0.5, 0.6) is 0 Å². The Morgan fingerprint density at radius 3 is 2.48 bits per heavy atom. The quantitative estimate of drug-likeness (QED) is 0.825. The van der Waals surface area contributed by atoms with Crippen LogP contribution in [0, 0.1) is 0 Å². The number of nitrogens with one attached hydrogen (secondary N) is 1. The molecule has 1 aliphatic rings. The number of rotatable bonds is 4. The van der Waals surface area contributed by atoms with Crippen molar-refractivity contribution in [1.82, 2.24) is 14.9 Å². The van der Waals surface area contributed by atoms with E-state index < -0.39 is 0 Å². The van der Waals surface area contributed by atoms with Crippen molar-refractivity contribution in [1.29, 1.82) is 0 Å². The minimum Gasteiger partial charge on any atom is -0.368 e. The van der Waals surface area contributed by atoms with Crippen LogP contribution in [0.3, 0.4) is 0 Å². The summed E-state index contributed by atoms with van der Waals surface area (Å²) in [5.74, 6) is 0.888. The van der Waals surface area contributed by atoms with E-state index >= 15 is 0 Å². The number of nitrogens with zero attached hydrogens (tertiary/aromatic N) is 3. The van der Waals surface area contributed by atoms with E-state index in [0.29, 0.717) is 17.0 Å². The molecule has 1 aromatic carbocycles. The Bertz CT molecular complexity index is 634. The Balaban J connectivity index is 1.51. The third kappa shape index (κ3) is 4.70. The summed E-state index contributed by atoms with van der Waals surface area (Å²) >= 11 is 11.8. The van der Waals surface area contributed by atoms with Gasteiger partial charge in [-0.1, -0.05) is 35.3 Å². The lowest BCUT2D eigenvalue weighted by molar-refractivity contribution is 0.211. The van der Waals surface area contributed by atoms with Gasteiger partial charge in [-0.05, 0) is 30.5 Å². The van der Waals surface area contributed by atoms with Crippen molar-refractivity contribution in [2.24, 2.45) is 0 Å². The van der Waals surface area contributed by atoms with Crippen LogP contribution in [-0.4, -0.2) is 34.0 Å². The maximum atomic E-state index is 5.92. The molecular weight excluding hydrogens is 333 g/mol. The maximum absolute atomic E-state index is 5.92. The molecule has 1 aromatic heterocycles. The van der Waals surface area contributed by atoms with Gasteiger partial charge in [0.2, 0.25) is 5.95 Å². The number of anilines is 2. The van der Waals surface area contributed by atoms with Crippen LogP contribution in [0.25, 0.3) is 0 Å². The molecule has 0 spiro atoms. The highest BCUT2D eigenvalue weighted by Gasteiger charge is 2.19. The molecule has 3 N–H and O–H groups in total. The Hall–Kier alpha value is -1.56. The molecule has 2 aromatic rings. The molecule has 0 bridgehead atoms. The summed E-state index contributed by atoms with van der Waals surface area (Å²) in [6.07, 6.45) is 2.10. The second kappa shape index (κ2) is 7.34. The number of likely N-dealkylation sites (tertiary alicyclic amines) is 1. The van der Waals surface area contributed by atoms with Gasteiger partial charge in [-0.15, -0.1) is 0 Å². The first-order valence-electron chi connectivity index (χ1n) is 7.62. The van der Waals surface area contributed by atoms with E-state index in [4.69, 9.17) is 28.9 Å². The molecule has 0 unspecified atom stereocenters. The molecular formula is C16H19Cl2N5. The van der Waals surface area contributed by atoms with Crippen LogP contribution in [0.4, 0.5) is 11.8 Å². The van der Waals surface area contributed by atoms with Gasteiger partial charge in [-0.2, -0.15) is 4.98 Å². The molecule has 122 valence electrons. The monoisotopic (exact) mass is 351 g/mol. The van der Waals surface area contributed by atoms with Crippen molar-refractivity contribution in [3.63, 3.8) is 0 Å². The zero-order chi connectivity index (χ0) is 16.2. The number of aromatic nitrogens is 2. The van der Waals surface area contributed by atoms with E-state index in [9.17, 15) is 0 Å². The van der Waals surface area contributed by atoms with Crippen molar-refractivity contribution >= 4 is 35.0 Å². The molecule has 7 heteroatoms. The predicted octanol–water partition coefficient (Wildman–Crippen LogP) is 3.44. The number of piperidine rings is 1. The van der Waals surface area contributed by atoms with Gasteiger partial charge in [0.1, 0.15) is 11.0 Å². The molecule has 2 heterocycles. The standard InChI is InChI=1S/C16H19Cl2N5/c17-12-3-1-11(2-4-12)10-23-7-5-13(6-8-23)20-15-9-14(18)21-16(19)22-15/h1-4,9,13H,5-8,10H2,(H3,19,20,21,22). The van der Waals surface area contributed by atoms with E-state index in [2.05, 4.69) is 32.3 Å². The first kappa shape index (κ1) is 16.3. The van der Waals surface area contributed by atoms with E-state index in [1.54, 1.807) is 6.07 Å². The summed E-state index contributed by atoms with van der Waals surface area (Å²) in [6, 6.07) is 10.1. The third-order valence-corrected chi connectivity index (χ3v) is 4.42. The second-order valence-corrected chi connectivity index (χ2v) is 6.58. The summed E-state index contributed by atoms with van der Waals surface area (Å²) in [5, 5.41) is 4.53. The van der Waals surface area contributed by atoms with Crippen LogP contribution in [0.1, 0.15) is 18.4 Å². The Morgan fingerprint density at radius 1 is 1.13 bits per heavy atom. The van der Waals surface area contributed by atoms with Crippen LogP contribution in [0.2, 0.25) is 10.2 Å². The molecule has 0 saturated carbocycles. The predicted molar refractivity (Wildman–Crippen MR) is 94.8 cm³/mol. The number of hydrogen-bond acceptors (Lipinski definition) is 5. The highest BCUT2D eigenvalue weighted by Crippen LogP contribution is 2.20. The number of nitrogens with two attached hydrogens (primary N) is 1. The van der Waals surface area contributed by atoms with Crippen molar-refractivity contribution in [2.45, 2.75) is 25.4 Å². The minimum atomic E-state index is 0.195. The number of benzene rings is 1. The first-order chi connectivity index (χ1) is 11.1. The van der Waals surface area contributed by atoms with Gasteiger partial charge in [-0.25, -0.2) is 4.98 Å². The molecule has 3 rings (SSSR count). The third-order valence-electron chi connectivity index (χ3n) is 3.97. The second-order valence-electron chi connectivity index (χ2n) is 5.76. The maximum Gasteiger partial charge on any atom is 0.223 e. The smallest absolute Gasteiger partial charge is 0.223 e. The molecule has 23 heavy (non-hydrogen) atoms. The SMILES string of the molecule is Nc1nc(Cl)cc(NC2CCN(Cc3ccc(Cl)cc3)CC2)n1. The topological polar surface area (TPSA) is 67.1 Å². The fraction of sp³-hybridized carbons (Fsp3) is 0.375. The summed E-state index contributed by atoms with van der Waals surface area (Å²) in [6.45, 7) is 3.03. The Kier molecular flexibility index (Phi) is 5.20. The summed E-state index contributed by atoms with van der Waals surface area (Å²) in [4.78, 5) is 10.5. The molecule has 1 saturated heterocycles. The van der Waals surface area contributed by atoms with Gasteiger partial charge >= 0.3 is 0 Å². The highest BCUT2D eigenvalue weighted by molar-refractivity contribution is 6.30.